The Morgan fingerprint density at radius 1 is 1.10 bits per heavy atom. The van der Waals surface area contributed by atoms with Crippen molar-refractivity contribution in [3.8, 4) is 11.5 Å². The number of hydrogen-bond donors (Lipinski definition) is 1. The molecule has 0 amide bonds. The summed E-state index contributed by atoms with van der Waals surface area (Å²) in [6.45, 7) is 19.3. The Labute approximate surface area is 240 Å². The van der Waals surface area contributed by atoms with Crippen LogP contribution >= 0.6 is 0 Å². The van der Waals surface area contributed by atoms with Crippen molar-refractivity contribution in [1.29, 1.82) is 0 Å². The molecule has 5 nitrogen and oxygen atoms in total. The molecular weight excluding hydrogens is 494 g/mol. The Morgan fingerprint density at radius 3 is 2.50 bits per heavy atom. The fraction of sp³-hybridized carbons (Fsp3) is 0.486. The molecule has 212 valence electrons. The number of nitrogens with zero attached hydrogens (tertiary/aromatic N) is 3. The van der Waals surface area contributed by atoms with Crippen LogP contribution in [0.15, 0.2) is 60.2 Å². The number of hydrogen-bond acceptors (Lipinski definition) is 5. The maximum atomic E-state index is 11.5. The van der Waals surface area contributed by atoms with E-state index in [0.29, 0.717) is 17.6 Å². The molecule has 1 aromatic heterocycles. The van der Waals surface area contributed by atoms with Gasteiger partial charge in [0.15, 0.2) is 0 Å². The predicted molar refractivity (Wildman–Crippen MR) is 166 cm³/mol. The van der Waals surface area contributed by atoms with Crippen LogP contribution in [0.4, 0.5) is 0 Å². The monoisotopic (exact) mass is 539 g/mol. The van der Waals surface area contributed by atoms with E-state index in [1.54, 1.807) is 7.11 Å². The second-order valence-electron chi connectivity index (χ2n) is 13.7. The van der Waals surface area contributed by atoms with Crippen LogP contribution < -0.4 is 4.74 Å². The average molecular weight is 540 g/mol. The lowest BCUT2D eigenvalue weighted by Crippen LogP contribution is -2.54. The van der Waals surface area contributed by atoms with Crippen LogP contribution in [-0.2, 0) is 10.8 Å². The summed E-state index contributed by atoms with van der Waals surface area (Å²) in [6.07, 6.45) is 8.24. The van der Waals surface area contributed by atoms with Gasteiger partial charge in [-0.1, -0.05) is 53.7 Å². The van der Waals surface area contributed by atoms with E-state index in [2.05, 4.69) is 88.3 Å². The number of methoxy groups -OCH3 is 1. The fourth-order valence-corrected chi connectivity index (χ4v) is 6.54. The van der Waals surface area contributed by atoms with Gasteiger partial charge in [0, 0.05) is 41.5 Å². The number of aromatic hydroxyl groups is 1. The zero-order chi connectivity index (χ0) is 28.8. The molecule has 2 unspecified atom stereocenters. The number of aliphatic imine (C=N–C) groups is 1. The molecule has 5 atom stereocenters. The summed E-state index contributed by atoms with van der Waals surface area (Å²) < 4.78 is 5.59. The first-order valence-corrected chi connectivity index (χ1v) is 14.6. The zero-order valence-corrected chi connectivity index (χ0v) is 25.2. The summed E-state index contributed by atoms with van der Waals surface area (Å²) in [5, 5.41) is 12.5. The first kappa shape index (κ1) is 28.4. The lowest BCUT2D eigenvalue weighted by Gasteiger charge is -2.51. The SMILES string of the molecule is C=C[C@H]1CN2CC[C@H]1CC2[C@H](/N=C/c1cc(C(C)(C)C)cc(C(C)(C)C)c1O)c1ccnc2ccc(OC)cc12. The minimum absolute atomic E-state index is 0.0541. The van der Waals surface area contributed by atoms with Crippen molar-refractivity contribution < 1.29 is 9.84 Å². The van der Waals surface area contributed by atoms with E-state index in [1.807, 2.05) is 24.5 Å². The standard InChI is InChI=1S/C35H45N3O2/c1-9-22-21-38-15-13-23(22)17-31(38)32(27-12-14-36-30-11-10-26(40-8)19-28(27)30)37-20-24-16-25(34(2,3)4)18-29(33(24)39)35(5,6)7/h9-12,14,16,18-20,22-23,31-32,39H,1,13,15,17,21H2,2-8H3/b37-20+/t22-,23-,31?,32+/m0/s1. The minimum Gasteiger partial charge on any atom is -0.507 e. The van der Waals surface area contributed by atoms with Crippen LogP contribution in [0.25, 0.3) is 10.9 Å². The summed E-state index contributed by atoms with van der Waals surface area (Å²) in [6, 6.07) is 12.6. The third kappa shape index (κ3) is 5.41. The Hall–Kier alpha value is -3.18. The molecule has 1 N–H and O–H groups in total. The molecule has 3 fully saturated rings. The van der Waals surface area contributed by atoms with Crippen LogP contribution in [0.2, 0.25) is 0 Å². The number of rotatable bonds is 6. The van der Waals surface area contributed by atoms with E-state index < -0.39 is 0 Å². The molecule has 3 aromatic rings. The van der Waals surface area contributed by atoms with E-state index >= 15 is 0 Å². The summed E-state index contributed by atoms with van der Waals surface area (Å²) in [5.41, 5.74) is 4.76. The van der Waals surface area contributed by atoms with Gasteiger partial charge in [0.05, 0.1) is 18.7 Å². The molecule has 4 heterocycles. The first-order chi connectivity index (χ1) is 18.9. The zero-order valence-electron chi connectivity index (χ0n) is 25.2. The molecule has 0 saturated carbocycles. The molecule has 5 heteroatoms. The average Bonchev–Trinajstić information content (AvgIpc) is 2.92. The maximum absolute atomic E-state index is 11.5. The number of phenolic OH excluding ortho intramolecular Hbond substituents is 1. The van der Waals surface area contributed by atoms with Gasteiger partial charge in [0.25, 0.3) is 0 Å². The number of phenols is 1. The van der Waals surface area contributed by atoms with E-state index in [9.17, 15) is 5.11 Å². The molecule has 3 aliphatic rings. The third-order valence-electron chi connectivity index (χ3n) is 9.01. The number of aromatic nitrogens is 1. The Bertz CT molecular complexity index is 1430. The van der Waals surface area contributed by atoms with Gasteiger partial charge in [-0.15, -0.1) is 6.58 Å². The smallest absolute Gasteiger partial charge is 0.128 e. The number of benzene rings is 2. The molecular formula is C35H45N3O2. The van der Waals surface area contributed by atoms with Gasteiger partial charge in [0.1, 0.15) is 11.5 Å². The second kappa shape index (κ2) is 10.7. The lowest BCUT2D eigenvalue weighted by atomic mass is 9.73. The fourth-order valence-electron chi connectivity index (χ4n) is 6.54. The molecule has 3 aliphatic heterocycles. The van der Waals surface area contributed by atoms with Crippen LogP contribution in [0.1, 0.15) is 82.7 Å². The summed E-state index contributed by atoms with van der Waals surface area (Å²) in [5.74, 6) is 2.29. The minimum atomic E-state index is -0.195. The predicted octanol–water partition coefficient (Wildman–Crippen LogP) is 7.60. The third-order valence-corrected chi connectivity index (χ3v) is 9.01. The Balaban J connectivity index is 1.66. The van der Waals surface area contributed by atoms with Gasteiger partial charge in [-0.2, -0.15) is 0 Å². The van der Waals surface area contributed by atoms with Crippen molar-refractivity contribution in [2.75, 3.05) is 20.2 Å². The van der Waals surface area contributed by atoms with Crippen LogP contribution in [0.5, 0.6) is 11.5 Å². The maximum Gasteiger partial charge on any atom is 0.128 e. The normalized spacial score (nSPS) is 24.0. The van der Waals surface area contributed by atoms with Crippen molar-refractivity contribution in [2.45, 2.75) is 77.3 Å². The number of pyridine rings is 1. The van der Waals surface area contributed by atoms with Crippen molar-refractivity contribution in [3.63, 3.8) is 0 Å². The Morgan fingerprint density at radius 2 is 1.88 bits per heavy atom. The highest BCUT2D eigenvalue weighted by Gasteiger charge is 2.42. The molecule has 0 aliphatic carbocycles. The largest absolute Gasteiger partial charge is 0.507 e. The van der Waals surface area contributed by atoms with Gasteiger partial charge in [-0.05, 0) is 83.5 Å². The molecule has 0 radical (unpaired) electrons. The van der Waals surface area contributed by atoms with Gasteiger partial charge >= 0.3 is 0 Å². The molecule has 2 bridgehead atoms. The highest BCUT2D eigenvalue weighted by Crippen LogP contribution is 2.44. The molecule has 3 saturated heterocycles. The summed E-state index contributed by atoms with van der Waals surface area (Å²) >= 11 is 0. The summed E-state index contributed by atoms with van der Waals surface area (Å²) in [7, 11) is 1.70. The highest BCUT2D eigenvalue weighted by atomic mass is 16.5. The number of ether oxygens (including phenoxy) is 1. The van der Waals surface area contributed by atoms with Gasteiger partial charge in [0.2, 0.25) is 0 Å². The number of fused-ring (bicyclic) bond motifs is 4. The van der Waals surface area contributed by atoms with E-state index in [1.165, 1.54) is 12.0 Å². The Kier molecular flexibility index (Phi) is 7.56. The van der Waals surface area contributed by atoms with Gasteiger partial charge < -0.3 is 9.84 Å². The van der Waals surface area contributed by atoms with Crippen LogP contribution in [-0.4, -0.2) is 47.4 Å². The van der Waals surface area contributed by atoms with E-state index in [-0.39, 0.29) is 22.9 Å². The highest BCUT2D eigenvalue weighted by molar-refractivity contribution is 5.87. The van der Waals surface area contributed by atoms with Crippen molar-refractivity contribution in [2.24, 2.45) is 16.8 Å². The van der Waals surface area contributed by atoms with Gasteiger partial charge in [-0.3, -0.25) is 14.9 Å². The van der Waals surface area contributed by atoms with E-state index in [0.717, 1.165) is 52.9 Å². The van der Waals surface area contributed by atoms with Crippen LogP contribution in [0, 0.1) is 11.8 Å². The van der Waals surface area contributed by atoms with Crippen LogP contribution in [0.3, 0.4) is 0 Å². The van der Waals surface area contributed by atoms with Gasteiger partial charge in [-0.25, -0.2) is 0 Å². The first-order valence-electron chi connectivity index (χ1n) is 14.6. The molecule has 40 heavy (non-hydrogen) atoms. The van der Waals surface area contributed by atoms with Crippen molar-refractivity contribution in [1.82, 2.24) is 9.88 Å². The second-order valence-corrected chi connectivity index (χ2v) is 13.7. The molecule has 2 aromatic carbocycles. The quantitative estimate of drug-likeness (QED) is 0.259. The van der Waals surface area contributed by atoms with Crippen molar-refractivity contribution in [3.05, 3.63) is 77.5 Å². The van der Waals surface area contributed by atoms with Crippen molar-refractivity contribution >= 4 is 17.1 Å². The van der Waals surface area contributed by atoms with E-state index in [4.69, 9.17) is 9.73 Å². The number of piperidine rings is 3. The molecule has 6 rings (SSSR count). The lowest BCUT2D eigenvalue weighted by molar-refractivity contribution is 0.00796. The topological polar surface area (TPSA) is 58.0 Å². The summed E-state index contributed by atoms with van der Waals surface area (Å²) in [4.78, 5) is 12.6. The molecule has 0 spiro atoms.